The normalized spacial score (nSPS) is 10.7. The van der Waals surface area contributed by atoms with Gasteiger partial charge in [-0.25, -0.2) is 9.59 Å². The molecular formula is C22H24O4. The minimum Gasteiger partial charge on any atom is -0.463 e. The van der Waals surface area contributed by atoms with Gasteiger partial charge in [0, 0.05) is 12.2 Å². The van der Waals surface area contributed by atoms with E-state index >= 15 is 0 Å². The lowest BCUT2D eigenvalue weighted by Gasteiger charge is -2.04. The molecule has 4 heteroatoms. The van der Waals surface area contributed by atoms with Crippen LogP contribution in [0.3, 0.4) is 0 Å². The fourth-order valence-corrected chi connectivity index (χ4v) is 2.38. The molecule has 0 aliphatic heterocycles. The average Bonchev–Trinajstić information content (AvgIpc) is 2.67. The molecule has 2 aromatic rings. The van der Waals surface area contributed by atoms with Crippen molar-refractivity contribution >= 4 is 11.9 Å². The van der Waals surface area contributed by atoms with Crippen molar-refractivity contribution < 1.29 is 19.1 Å². The van der Waals surface area contributed by atoms with Crippen LogP contribution in [0.4, 0.5) is 0 Å². The number of rotatable bonds is 9. The van der Waals surface area contributed by atoms with Crippen LogP contribution in [0.1, 0.15) is 32.6 Å². The van der Waals surface area contributed by atoms with Crippen LogP contribution in [-0.2, 0) is 14.3 Å². The monoisotopic (exact) mass is 352 g/mol. The van der Waals surface area contributed by atoms with Gasteiger partial charge < -0.3 is 9.47 Å². The van der Waals surface area contributed by atoms with Gasteiger partial charge in [0.1, 0.15) is 5.75 Å². The smallest absolute Gasteiger partial charge is 0.336 e. The van der Waals surface area contributed by atoms with E-state index in [0.29, 0.717) is 12.4 Å². The first-order valence-electron chi connectivity index (χ1n) is 8.91. The minimum absolute atomic E-state index is 0.374. The van der Waals surface area contributed by atoms with Crippen LogP contribution in [0.5, 0.6) is 5.75 Å². The summed E-state index contributed by atoms with van der Waals surface area (Å²) in [6, 6.07) is 17.1. The third-order valence-electron chi connectivity index (χ3n) is 3.78. The quantitative estimate of drug-likeness (QED) is 0.278. The van der Waals surface area contributed by atoms with Gasteiger partial charge in [0.05, 0.1) is 6.61 Å². The van der Waals surface area contributed by atoms with Crippen molar-refractivity contribution in [3.8, 4) is 16.9 Å². The van der Waals surface area contributed by atoms with E-state index in [4.69, 9.17) is 9.47 Å². The Kier molecular flexibility index (Phi) is 8.13. The summed E-state index contributed by atoms with van der Waals surface area (Å²) < 4.78 is 10.2. The number of esters is 2. The Hall–Kier alpha value is -2.88. The topological polar surface area (TPSA) is 52.6 Å². The second kappa shape index (κ2) is 10.9. The Balaban J connectivity index is 1.77. The lowest BCUT2D eigenvalue weighted by molar-refractivity contribution is -0.138. The Labute approximate surface area is 154 Å². The van der Waals surface area contributed by atoms with Gasteiger partial charge >= 0.3 is 11.9 Å². The molecule has 0 aliphatic carbocycles. The van der Waals surface area contributed by atoms with Crippen molar-refractivity contribution in [3.05, 3.63) is 66.7 Å². The first-order chi connectivity index (χ1) is 12.7. The van der Waals surface area contributed by atoms with Gasteiger partial charge in [-0.1, -0.05) is 68.7 Å². The predicted octanol–water partition coefficient (Wildman–Crippen LogP) is 4.94. The molecule has 0 fully saturated rings. The van der Waals surface area contributed by atoms with Gasteiger partial charge in [-0.05, 0) is 29.7 Å². The molecule has 0 saturated heterocycles. The molecular weight excluding hydrogens is 328 g/mol. The van der Waals surface area contributed by atoms with Gasteiger partial charge in [0.15, 0.2) is 0 Å². The fraction of sp³-hybridized carbons (Fsp3) is 0.273. The third-order valence-corrected chi connectivity index (χ3v) is 3.78. The highest BCUT2D eigenvalue weighted by Gasteiger charge is 2.04. The van der Waals surface area contributed by atoms with E-state index in [1.54, 1.807) is 12.1 Å². The van der Waals surface area contributed by atoms with Crippen molar-refractivity contribution in [2.24, 2.45) is 0 Å². The number of hydrogen-bond acceptors (Lipinski definition) is 4. The first-order valence-corrected chi connectivity index (χ1v) is 8.91. The average molecular weight is 352 g/mol. The molecule has 0 amide bonds. The van der Waals surface area contributed by atoms with Crippen LogP contribution in [0.2, 0.25) is 0 Å². The molecule has 0 aliphatic rings. The standard InChI is InChI=1S/C22H24O4/c1-2-3-4-8-17-25-21(23)15-16-22(24)26-20-13-11-19(12-14-20)18-9-6-5-7-10-18/h5-7,9-16H,2-4,8,17H2,1H3/b16-15+. The maximum atomic E-state index is 11.8. The zero-order valence-corrected chi connectivity index (χ0v) is 15.0. The summed E-state index contributed by atoms with van der Waals surface area (Å²) in [5, 5.41) is 0. The number of carbonyl (C=O) groups excluding carboxylic acids is 2. The highest BCUT2D eigenvalue weighted by Crippen LogP contribution is 2.22. The lowest BCUT2D eigenvalue weighted by atomic mass is 10.1. The number of hydrogen-bond donors (Lipinski definition) is 0. The van der Waals surface area contributed by atoms with E-state index < -0.39 is 11.9 Å². The van der Waals surface area contributed by atoms with Crippen LogP contribution in [-0.4, -0.2) is 18.5 Å². The minimum atomic E-state index is -0.611. The second-order valence-corrected chi connectivity index (χ2v) is 5.87. The van der Waals surface area contributed by atoms with Crippen LogP contribution in [0, 0.1) is 0 Å². The highest BCUT2D eigenvalue weighted by molar-refractivity contribution is 5.92. The number of unbranched alkanes of at least 4 members (excludes halogenated alkanes) is 3. The molecule has 0 N–H and O–H groups in total. The third kappa shape index (κ3) is 6.93. The van der Waals surface area contributed by atoms with Crippen molar-refractivity contribution in [3.63, 3.8) is 0 Å². The van der Waals surface area contributed by atoms with Crippen LogP contribution in [0.25, 0.3) is 11.1 Å². The maximum absolute atomic E-state index is 11.8. The fourth-order valence-electron chi connectivity index (χ4n) is 2.38. The molecule has 26 heavy (non-hydrogen) atoms. The molecule has 0 heterocycles. The van der Waals surface area contributed by atoms with E-state index in [1.807, 2.05) is 42.5 Å². The molecule has 4 nitrogen and oxygen atoms in total. The molecule has 2 rings (SSSR count). The van der Waals surface area contributed by atoms with Gasteiger partial charge in [-0.2, -0.15) is 0 Å². The molecule has 0 atom stereocenters. The lowest BCUT2D eigenvalue weighted by Crippen LogP contribution is -2.07. The van der Waals surface area contributed by atoms with Gasteiger partial charge in [0.25, 0.3) is 0 Å². The van der Waals surface area contributed by atoms with Gasteiger partial charge in [-0.3, -0.25) is 0 Å². The molecule has 2 aromatic carbocycles. The van der Waals surface area contributed by atoms with E-state index in [-0.39, 0.29) is 0 Å². The Morgan fingerprint density at radius 2 is 1.46 bits per heavy atom. The molecule has 0 radical (unpaired) electrons. The van der Waals surface area contributed by atoms with Crippen molar-refractivity contribution in [2.45, 2.75) is 32.6 Å². The maximum Gasteiger partial charge on any atom is 0.336 e. The Bertz CT molecular complexity index is 718. The SMILES string of the molecule is CCCCCCOC(=O)/C=C/C(=O)Oc1ccc(-c2ccccc2)cc1. The molecule has 0 saturated carbocycles. The predicted molar refractivity (Wildman–Crippen MR) is 102 cm³/mol. The summed E-state index contributed by atoms with van der Waals surface area (Å²) >= 11 is 0. The van der Waals surface area contributed by atoms with E-state index in [0.717, 1.165) is 49.0 Å². The zero-order chi connectivity index (χ0) is 18.6. The summed E-state index contributed by atoms with van der Waals surface area (Å²) in [6.07, 6.45) is 6.31. The van der Waals surface area contributed by atoms with E-state index in [9.17, 15) is 9.59 Å². The largest absolute Gasteiger partial charge is 0.463 e. The summed E-state index contributed by atoms with van der Waals surface area (Å²) in [7, 11) is 0. The molecule has 136 valence electrons. The summed E-state index contributed by atoms with van der Waals surface area (Å²) in [4.78, 5) is 23.3. The van der Waals surface area contributed by atoms with Crippen LogP contribution in [0.15, 0.2) is 66.7 Å². The first kappa shape index (κ1) is 19.4. The molecule has 0 unspecified atom stereocenters. The molecule has 0 spiro atoms. The van der Waals surface area contributed by atoms with Crippen molar-refractivity contribution in [1.29, 1.82) is 0 Å². The highest BCUT2D eigenvalue weighted by atomic mass is 16.5. The van der Waals surface area contributed by atoms with Crippen LogP contribution >= 0.6 is 0 Å². The van der Waals surface area contributed by atoms with E-state index in [2.05, 4.69) is 6.92 Å². The number of benzene rings is 2. The van der Waals surface area contributed by atoms with Crippen molar-refractivity contribution in [2.75, 3.05) is 6.61 Å². The Morgan fingerprint density at radius 3 is 2.15 bits per heavy atom. The van der Waals surface area contributed by atoms with Gasteiger partial charge in [-0.15, -0.1) is 0 Å². The number of ether oxygens (including phenoxy) is 2. The second-order valence-electron chi connectivity index (χ2n) is 5.87. The van der Waals surface area contributed by atoms with E-state index in [1.165, 1.54) is 0 Å². The Morgan fingerprint density at radius 1 is 0.808 bits per heavy atom. The van der Waals surface area contributed by atoms with Gasteiger partial charge in [0.2, 0.25) is 0 Å². The van der Waals surface area contributed by atoms with Crippen LogP contribution < -0.4 is 4.74 Å². The zero-order valence-electron chi connectivity index (χ0n) is 15.0. The summed E-state index contributed by atoms with van der Waals surface area (Å²) in [5.41, 5.74) is 2.12. The summed E-state index contributed by atoms with van der Waals surface area (Å²) in [5.74, 6) is -0.717. The molecule has 0 aromatic heterocycles. The number of carbonyl (C=O) groups is 2. The van der Waals surface area contributed by atoms with Crippen molar-refractivity contribution in [1.82, 2.24) is 0 Å². The summed E-state index contributed by atoms with van der Waals surface area (Å²) in [6.45, 7) is 2.49. The molecule has 0 bridgehead atoms.